The van der Waals surface area contributed by atoms with E-state index in [0.29, 0.717) is 46.9 Å². The van der Waals surface area contributed by atoms with Crippen molar-refractivity contribution >= 4 is 45.8 Å². The van der Waals surface area contributed by atoms with Gasteiger partial charge in [-0.2, -0.15) is 0 Å². The van der Waals surface area contributed by atoms with Gasteiger partial charge >= 0.3 is 0 Å². The van der Waals surface area contributed by atoms with E-state index in [-0.39, 0.29) is 22.3 Å². The van der Waals surface area contributed by atoms with Gasteiger partial charge < -0.3 is 9.47 Å². The summed E-state index contributed by atoms with van der Waals surface area (Å²) in [5.74, 6) is -1.41. The van der Waals surface area contributed by atoms with Gasteiger partial charge in [0.15, 0.2) is 0 Å². The predicted octanol–water partition coefficient (Wildman–Crippen LogP) is 5.24. The normalized spacial score (nSPS) is 14.4. The molecular weight excluding hydrogens is 484 g/mol. The molecule has 0 saturated carbocycles. The van der Waals surface area contributed by atoms with E-state index in [4.69, 9.17) is 9.47 Å². The molecule has 6 rings (SSSR count). The number of rotatable bonds is 6. The average Bonchev–Trinajstić information content (AvgIpc) is 2.93. The number of hydrogen-bond acceptors (Lipinski definition) is 6. The highest BCUT2D eigenvalue weighted by molar-refractivity contribution is 6.42. The van der Waals surface area contributed by atoms with Crippen molar-refractivity contribution in [3.05, 3.63) is 95.1 Å². The molecule has 2 heterocycles. The van der Waals surface area contributed by atoms with Crippen LogP contribution >= 0.6 is 0 Å². The van der Waals surface area contributed by atoms with Gasteiger partial charge in [-0.1, -0.05) is 24.3 Å². The first-order valence-corrected chi connectivity index (χ1v) is 12.3. The molecule has 8 nitrogen and oxygen atoms in total. The van der Waals surface area contributed by atoms with Gasteiger partial charge in [0, 0.05) is 33.0 Å². The smallest absolute Gasteiger partial charge is 0.266 e. The van der Waals surface area contributed by atoms with Crippen LogP contribution in [0.5, 0.6) is 11.5 Å². The van der Waals surface area contributed by atoms with Crippen LogP contribution in [0.25, 0.3) is 10.8 Å². The quantitative estimate of drug-likeness (QED) is 0.332. The third-order valence-corrected chi connectivity index (χ3v) is 6.71. The number of anilines is 2. The fraction of sp³-hybridized carbons (Fsp3) is 0.133. The maximum Gasteiger partial charge on any atom is 0.266 e. The number of benzene rings is 4. The highest BCUT2D eigenvalue weighted by Gasteiger charge is 2.41. The number of para-hydroxylation sites is 4. The molecule has 188 valence electrons. The summed E-state index contributed by atoms with van der Waals surface area (Å²) in [5.41, 5.74) is 1.58. The summed E-state index contributed by atoms with van der Waals surface area (Å²) in [6, 6.07) is 19.8. The standard InChI is InChI=1S/C30H22N2O6/c1-3-37-23-11-7-5-9-21(23)31-27(33)17-13-15-19-26-20(16-14-18(25(17)26)28(31)34)30(36)32(29(19)35)22-10-6-8-12-24(22)38-4-2/h5-16H,3-4H2,1-2H3. The summed E-state index contributed by atoms with van der Waals surface area (Å²) >= 11 is 0. The lowest BCUT2D eigenvalue weighted by Gasteiger charge is -2.32. The van der Waals surface area contributed by atoms with Crippen molar-refractivity contribution in [1.29, 1.82) is 0 Å². The second-order valence-corrected chi connectivity index (χ2v) is 8.76. The van der Waals surface area contributed by atoms with Crippen molar-refractivity contribution < 1.29 is 28.7 Å². The lowest BCUT2D eigenvalue weighted by atomic mass is 9.85. The van der Waals surface area contributed by atoms with E-state index in [9.17, 15) is 19.2 Å². The molecule has 0 spiro atoms. The molecular formula is C30H22N2O6. The van der Waals surface area contributed by atoms with Crippen LogP contribution in [0.15, 0.2) is 72.8 Å². The van der Waals surface area contributed by atoms with E-state index in [1.54, 1.807) is 48.5 Å². The van der Waals surface area contributed by atoms with Gasteiger partial charge in [-0.3, -0.25) is 19.2 Å². The number of imide groups is 2. The van der Waals surface area contributed by atoms with Gasteiger partial charge in [-0.05, 0) is 62.4 Å². The van der Waals surface area contributed by atoms with Crippen molar-refractivity contribution in [3.63, 3.8) is 0 Å². The van der Waals surface area contributed by atoms with E-state index in [0.717, 1.165) is 9.80 Å². The summed E-state index contributed by atoms with van der Waals surface area (Å²) in [7, 11) is 0. The molecule has 38 heavy (non-hydrogen) atoms. The topological polar surface area (TPSA) is 93.2 Å². The number of amides is 4. The molecule has 4 aromatic rings. The lowest BCUT2D eigenvalue weighted by Crippen LogP contribution is -2.43. The molecule has 4 amide bonds. The Kier molecular flexibility index (Phi) is 5.45. The zero-order chi connectivity index (χ0) is 26.6. The van der Waals surface area contributed by atoms with Gasteiger partial charge in [0.1, 0.15) is 11.5 Å². The van der Waals surface area contributed by atoms with Gasteiger partial charge in [0.05, 0.1) is 24.6 Å². The number of hydrogen-bond donors (Lipinski definition) is 0. The molecule has 4 aromatic carbocycles. The Labute approximate surface area is 218 Å². The van der Waals surface area contributed by atoms with Crippen LogP contribution in [-0.2, 0) is 0 Å². The van der Waals surface area contributed by atoms with Crippen LogP contribution < -0.4 is 19.3 Å². The van der Waals surface area contributed by atoms with E-state index < -0.39 is 23.6 Å². The minimum Gasteiger partial charge on any atom is -0.492 e. The van der Waals surface area contributed by atoms with Crippen molar-refractivity contribution in [2.24, 2.45) is 0 Å². The number of nitrogens with zero attached hydrogens (tertiary/aromatic N) is 2. The van der Waals surface area contributed by atoms with E-state index in [2.05, 4.69) is 0 Å². The van der Waals surface area contributed by atoms with Crippen molar-refractivity contribution in [2.75, 3.05) is 23.0 Å². The van der Waals surface area contributed by atoms with E-state index in [1.165, 1.54) is 24.3 Å². The minimum atomic E-state index is -0.553. The molecule has 0 bridgehead atoms. The van der Waals surface area contributed by atoms with Crippen LogP contribution in [0.4, 0.5) is 11.4 Å². The average molecular weight is 507 g/mol. The first-order chi connectivity index (χ1) is 18.5. The van der Waals surface area contributed by atoms with Crippen LogP contribution in [0.1, 0.15) is 55.3 Å². The fourth-order valence-corrected chi connectivity index (χ4v) is 5.15. The molecule has 8 heteroatoms. The molecule has 0 N–H and O–H groups in total. The summed E-state index contributed by atoms with van der Waals surface area (Å²) < 4.78 is 11.3. The zero-order valence-corrected chi connectivity index (χ0v) is 20.7. The lowest BCUT2D eigenvalue weighted by molar-refractivity contribution is 0.0872. The largest absolute Gasteiger partial charge is 0.492 e. The van der Waals surface area contributed by atoms with Gasteiger partial charge in [0.2, 0.25) is 0 Å². The zero-order valence-electron chi connectivity index (χ0n) is 20.7. The van der Waals surface area contributed by atoms with Crippen molar-refractivity contribution in [2.45, 2.75) is 13.8 Å². The summed E-state index contributed by atoms with van der Waals surface area (Å²) in [4.78, 5) is 57.0. The number of carbonyl (C=O) groups is 4. The highest BCUT2D eigenvalue weighted by Crippen LogP contribution is 2.42. The van der Waals surface area contributed by atoms with E-state index >= 15 is 0 Å². The molecule has 0 radical (unpaired) electrons. The summed E-state index contributed by atoms with van der Waals surface area (Å²) in [6.07, 6.45) is 0. The first kappa shape index (κ1) is 23.4. The number of carbonyl (C=O) groups excluding carboxylic acids is 4. The van der Waals surface area contributed by atoms with Gasteiger partial charge in [0.25, 0.3) is 23.6 Å². The molecule has 0 fully saturated rings. The summed E-state index contributed by atoms with van der Waals surface area (Å²) in [6.45, 7) is 4.36. The van der Waals surface area contributed by atoms with Crippen molar-refractivity contribution in [1.82, 2.24) is 0 Å². The molecule has 0 aliphatic carbocycles. The van der Waals surface area contributed by atoms with Gasteiger partial charge in [-0.15, -0.1) is 0 Å². The molecule has 2 aliphatic heterocycles. The SMILES string of the molecule is CCOc1ccccc1N1C(=O)c2ccc3c4c(ccc(c24)C1=O)C(=O)N(c1ccccc1OCC)C3=O. The maximum atomic E-state index is 13.7. The Morgan fingerprint density at radius 1 is 0.500 bits per heavy atom. The Morgan fingerprint density at radius 3 is 1.13 bits per heavy atom. The van der Waals surface area contributed by atoms with Crippen molar-refractivity contribution in [3.8, 4) is 11.5 Å². The molecule has 2 aliphatic rings. The molecule has 0 saturated heterocycles. The maximum absolute atomic E-state index is 13.7. The van der Waals surface area contributed by atoms with Crippen LogP contribution in [0.2, 0.25) is 0 Å². The van der Waals surface area contributed by atoms with Crippen LogP contribution in [0.3, 0.4) is 0 Å². The monoisotopic (exact) mass is 506 g/mol. The van der Waals surface area contributed by atoms with E-state index in [1.807, 2.05) is 13.8 Å². The Hall–Kier alpha value is -4.98. The van der Waals surface area contributed by atoms with Crippen LogP contribution in [0, 0.1) is 0 Å². The Balaban J connectivity index is 1.53. The second kappa shape index (κ2) is 8.85. The molecule has 0 atom stereocenters. The molecule has 0 aromatic heterocycles. The fourth-order valence-electron chi connectivity index (χ4n) is 5.15. The van der Waals surface area contributed by atoms with Gasteiger partial charge in [-0.25, -0.2) is 9.80 Å². The minimum absolute atomic E-state index is 0.232. The summed E-state index contributed by atoms with van der Waals surface area (Å²) in [5, 5.41) is 0.610. The first-order valence-electron chi connectivity index (χ1n) is 12.3. The molecule has 0 unspecified atom stereocenters. The van der Waals surface area contributed by atoms with Crippen LogP contribution in [-0.4, -0.2) is 36.8 Å². The second-order valence-electron chi connectivity index (χ2n) is 8.76. The predicted molar refractivity (Wildman–Crippen MR) is 141 cm³/mol. The highest BCUT2D eigenvalue weighted by atomic mass is 16.5. The number of ether oxygens (including phenoxy) is 2. The third kappa shape index (κ3) is 3.23. The Morgan fingerprint density at radius 2 is 0.816 bits per heavy atom. The third-order valence-electron chi connectivity index (χ3n) is 6.71. The Bertz CT molecular complexity index is 1500.